The summed E-state index contributed by atoms with van der Waals surface area (Å²) in [6.07, 6.45) is 1.24. The predicted molar refractivity (Wildman–Crippen MR) is 131 cm³/mol. The zero-order valence-corrected chi connectivity index (χ0v) is 20.1. The Hall–Kier alpha value is -3.88. The third-order valence-corrected chi connectivity index (χ3v) is 6.31. The maximum atomic E-state index is 13.8. The molecule has 182 valence electrons. The molecule has 1 aliphatic rings. The number of nitro benzene ring substituents is 1. The predicted octanol–water partition coefficient (Wildman–Crippen LogP) is 4.26. The van der Waals surface area contributed by atoms with Gasteiger partial charge in [-0.3, -0.25) is 14.9 Å². The Morgan fingerprint density at radius 1 is 1.09 bits per heavy atom. The van der Waals surface area contributed by atoms with Crippen molar-refractivity contribution in [1.82, 2.24) is 14.9 Å². The van der Waals surface area contributed by atoms with Gasteiger partial charge in [-0.15, -0.1) is 0 Å². The topological polar surface area (TPSA) is 92.5 Å². The highest BCUT2D eigenvalue weighted by molar-refractivity contribution is 5.95. The van der Waals surface area contributed by atoms with Crippen molar-refractivity contribution < 1.29 is 14.1 Å². The third-order valence-electron chi connectivity index (χ3n) is 6.31. The van der Waals surface area contributed by atoms with Crippen molar-refractivity contribution in [1.29, 1.82) is 0 Å². The van der Waals surface area contributed by atoms with Crippen molar-refractivity contribution in [3.05, 3.63) is 92.2 Å². The van der Waals surface area contributed by atoms with Gasteiger partial charge in [0.15, 0.2) is 0 Å². The number of hydrogen-bond donors (Lipinski definition) is 0. The van der Waals surface area contributed by atoms with Crippen LogP contribution in [0, 0.1) is 29.8 Å². The van der Waals surface area contributed by atoms with Crippen LogP contribution in [0.25, 0.3) is 0 Å². The lowest BCUT2D eigenvalue weighted by Crippen LogP contribution is -2.49. The summed E-state index contributed by atoms with van der Waals surface area (Å²) in [6, 6.07) is 11.1. The van der Waals surface area contributed by atoms with Crippen molar-refractivity contribution >= 4 is 17.4 Å². The molecule has 0 unspecified atom stereocenters. The monoisotopic (exact) mass is 477 g/mol. The molecule has 35 heavy (non-hydrogen) atoms. The Bertz CT molecular complexity index is 1270. The number of nitro groups is 1. The van der Waals surface area contributed by atoms with Gasteiger partial charge in [-0.2, -0.15) is 0 Å². The summed E-state index contributed by atoms with van der Waals surface area (Å²) in [5.74, 6) is 0.987. The normalized spacial score (nSPS) is 13.7. The molecule has 2 heterocycles. The molecule has 1 amide bonds. The molecular formula is C26H28FN5O3. The van der Waals surface area contributed by atoms with E-state index >= 15 is 0 Å². The number of anilines is 1. The number of carbonyl (C=O) groups excluding carboxylic acids is 1. The van der Waals surface area contributed by atoms with Crippen LogP contribution in [0.1, 0.15) is 45.5 Å². The van der Waals surface area contributed by atoms with Crippen molar-refractivity contribution in [2.45, 2.75) is 33.6 Å². The molecule has 8 nitrogen and oxygen atoms in total. The van der Waals surface area contributed by atoms with E-state index in [1.807, 2.05) is 19.9 Å². The minimum Gasteiger partial charge on any atom is -0.353 e. The van der Waals surface area contributed by atoms with E-state index in [4.69, 9.17) is 4.98 Å². The number of carbonyl (C=O) groups is 1. The molecule has 9 heteroatoms. The Balaban J connectivity index is 1.55. The maximum absolute atomic E-state index is 13.8. The first kappa shape index (κ1) is 24.3. The molecule has 1 aliphatic heterocycles. The molecule has 0 aliphatic carbocycles. The summed E-state index contributed by atoms with van der Waals surface area (Å²) in [4.78, 5) is 37.1. The molecule has 3 aromatic rings. The molecule has 2 aromatic carbocycles. The van der Waals surface area contributed by atoms with Crippen LogP contribution in [0.15, 0.2) is 42.5 Å². The summed E-state index contributed by atoms with van der Waals surface area (Å²) in [5.41, 5.74) is 3.53. The molecule has 0 atom stereocenters. The first-order valence-corrected chi connectivity index (χ1v) is 11.7. The molecule has 1 fully saturated rings. The minimum absolute atomic E-state index is 0.0555. The van der Waals surface area contributed by atoms with E-state index in [-0.39, 0.29) is 17.4 Å². The highest BCUT2D eigenvalue weighted by Gasteiger charge is 2.27. The summed E-state index contributed by atoms with van der Waals surface area (Å²) >= 11 is 0. The van der Waals surface area contributed by atoms with Crippen LogP contribution in [-0.2, 0) is 12.8 Å². The van der Waals surface area contributed by atoms with Crippen LogP contribution in [-0.4, -0.2) is 51.9 Å². The van der Waals surface area contributed by atoms with Gasteiger partial charge in [0.2, 0.25) is 0 Å². The van der Waals surface area contributed by atoms with Gasteiger partial charge >= 0.3 is 0 Å². The summed E-state index contributed by atoms with van der Waals surface area (Å²) < 4.78 is 13.8. The van der Waals surface area contributed by atoms with Gasteiger partial charge in [-0.1, -0.05) is 25.1 Å². The summed E-state index contributed by atoms with van der Waals surface area (Å²) in [5, 5.41) is 11.3. The van der Waals surface area contributed by atoms with E-state index in [0.29, 0.717) is 49.6 Å². The molecule has 0 bridgehead atoms. The molecule has 0 spiro atoms. The number of amides is 1. The Labute approximate surface area is 203 Å². The van der Waals surface area contributed by atoms with E-state index in [2.05, 4.69) is 9.88 Å². The molecule has 1 aromatic heterocycles. The lowest BCUT2D eigenvalue weighted by atomic mass is 10.0. The average Bonchev–Trinajstić information content (AvgIpc) is 2.84. The van der Waals surface area contributed by atoms with Gasteiger partial charge in [-0.05, 0) is 44.0 Å². The van der Waals surface area contributed by atoms with Gasteiger partial charge in [0.1, 0.15) is 17.5 Å². The number of nitrogens with zero attached hydrogens (tertiary/aromatic N) is 5. The molecule has 4 rings (SSSR count). The van der Waals surface area contributed by atoms with Crippen molar-refractivity contribution in [3.63, 3.8) is 0 Å². The number of aryl methyl sites for hydroxylation is 3. The summed E-state index contributed by atoms with van der Waals surface area (Å²) in [6.45, 7) is 7.61. The van der Waals surface area contributed by atoms with E-state index in [1.54, 1.807) is 30.0 Å². The minimum atomic E-state index is -0.465. The van der Waals surface area contributed by atoms with Crippen LogP contribution in [0.4, 0.5) is 15.9 Å². The number of rotatable bonds is 6. The van der Waals surface area contributed by atoms with E-state index in [9.17, 15) is 19.3 Å². The second-order valence-corrected chi connectivity index (χ2v) is 8.72. The van der Waals surface area contributed by atoms with Crippen LogP contribution in [0.3, 0.4) is 0 Å². The quantitative estimate of drug-likeness (QED) is 0.389. The SMILES string of the molecule is CCc1nc(C)nc(N2CCN(C(=O)c3ccc(C)c([N+](=O)[O-])c3)CC2)c1Cc1cccc(F)c1. The summed E-state index contributed by atoms with van der Waals surface area (Å²) in [7, 11) is 0. The highest BCUT2D eigenvalue weighted by atomic mass is 19.1. The zero-order valence-electron chi connectivity index (χ0n) is 20.1. The van der Waals surface area contributed by atoms with Gasteiger partial charge in [0, 0.05) is 61.1 Å². The Morgan fingerprint density at radius 3 is 2.49 bits per heavy atom. The molecule has 0 saturated carbocycles. The Kier molecular flexibility index (Phi) is 7.04. The smallest absolute Gasteiger partial charge is 0.273 e. The molecule has 1 saturated heterocycles. The molecular weight excluding hydrogens is 449 g/mol. The largest absolute Gasteiger partial charge is 0.353 e. The van der Waals surface area contributed by atoms with Crippen molar-refractivity contribution in [2.75, 3.05) is 31.1 Å². The average molecular weight is 478 g/mol. The van der Waals surface area contributed by atoms with Crippen molar-refractivity contribution in [3.8, 4) is 0 Å². The van der Waals surface area contributed by atoms with Gasteiger partial charge in [0.05, 0.1) is 4.92 Å². The van der Waals surface area contributed by atoms with E-state index < -0.39 is 4.92 Å². The molecule has 0 radical (unpaired) electrons. The van der Waals surface area contributed by atoms with Crippen LogP contribution < -0.4 is 4.90 Å². The van der Waals surface area contributed by atoms with Crippen LogP contribution in [0.5, 0.6) is 0 Å². The zero-order chi connectivity index (χ0) is 25.1. The van der Waals surface area contributed by atoms with Gasteiger partial charge in [-0.25, -0.2) is 14.4 Å². The highest BCUT2D eigenvalue weighted by Crippen LogP contribution is 2.27. The number of halogens is 1. The first-order chi connectivity index (χ1) is 16.8. The number of hydrogen-bond acceptors (Lipinski definition) is 6. The maximum Gasteiger partial charge on any atom is 0.273 e. The third kappa shape index (κ3) is 5.29. The fraction of sp³-hybridized carbons (Fsp3) is 0.346. The van der Waals surface area contributed by atoms with Crippen LogP contribution in [0.2, 0.25) is 0 Å². The lowest BCUT2D eigenvalue weighted by Gasteiger charge is -2.36. The van der Waals surface area contributed by atoms with Crippen LogP contribution >= 0.6 is 0 Å². The fourth-order valence-electron chi connectivity index (χ4n) is 4.47. The molecule has 0 N–H and O–H groups in total. The van der Waals surface area contributed by atoms with Gasteiger partial charge in [0.25, 0.3) is 11.6 Å². The number of piperazine rings is 1. The second-order valence-electron chi connectivity index (χ2n) is 8.72. The van der Waals surface area contributed by atoms with E-state index in [1.165, 1.54) is 18.2 Å². The first-order valence-electron chi connectivity index (χ1n) is 11.7. The second kappa shape index (κ2) is 10.2. The van der Waals surface area contributed by atoms with E-state index in [0.717, 1.165) is 29.1 Å². The number of aromatic nitrogens is 2. The number of benzene rings is 2. The lowest BCUT2D eigenvalue weighted by molar-refractivity contribution is -0.385. The standard InChI is InChI=1S/C26H28FN5O3/c1-4-23-22(15-19-6-5-7-21(27)14-19)25(29-18(3)28-23)30-10-12-31(13-11-30)26(33)20-9-8-17(2)24(16-20)32(34)35/h5-9,14,16H,4,10-13,15H2,1-3H3. The van der Waals surface area contributed by atoms with Gasteiger partial charge < -0.3 is 9.80 Å². The fourth-order valence-corrected chi connectivity index (χ4v) is 4.47. The van der Waals surface area contributed by atoms with Crippen molar-refractivity contribution in [2.24, 2.45) is 0 Å². The Morgan fingerprint density at radius 2 is 1.83 bits per heavy atom.